The summed E-state index contributed by atoms with van der Waals surface area (Å²) in [7, 11) is 0. The van der Waals surface area contributed by atoms with Crippen LogP contribution in [0, 0.1) is 0 Å². The molecule has 0 bridgehead atoms. The Balaban J connectivity index is 2.47. The summed E-state index contributed by atoms with van der Waals surface area (Å²) in [6.45, 7) is 0. The first kappa shape index (κ1) is 6.83. The second-order valence-corrected chi connectivity index (χ2v) is 3.09. The Morgan fingerprint density at radius 2 is 1.91 bits per heavy atom. The van der Waals surface area contributed by atoms with E-state index in [1.165, 1.54) is 11.1 Å². The second-order valence-electron chi connectivity index (χ2n) is 3.09. The van der Waals surface area contributed by atoms with Gasteiger partial charge < -0.3 is 11.5 Å². The first-order chi connectivity index (χ1) is 5.29. The van der Waals surface area contributed by atoms with Crippen molar-refractivity contribution in [1.82, 2.24) is 0 Å². The van der Waals surface area contributed by atoms with Crippen molar-refractivity contribution >= 4 is 0 Å². The molecule has 11 heavy (non-hydrogen) atoms. The van der Waals surface area contributed by atoms with Gasteiger partial charge in [0.25, 0.3) is 0 Å². The minimum Gasteiger partial charge on any atom is -0.326 e. The highest BCUT2D eigenvalue weighted by Crippen LogP contribution is 2.27. The van der Waals surface area contributed by atoms with Crippen LogP contribution in [0.4, 0.5) is 0 Å². The smallest absolute Gasteiger partial charge is 0.0454 e. The molecule has 2 heteroatoms. The van der Waals surface area contributed by atoms with E-state index in [-0.39, 0.29) is 12.1 Å². The van der Waals surface area contributed by atoms with E-state index in [1.54, 1.807) is 0 Å². The first-order valence-electron chi connectivity index (χ1n) is 3.88. The number of fused-ring (bicyclic) bond motifs is 1. The lowest BCUT2D eigenvalue weighted by molar-refractivity contribution is 0.593. The third-order valence-corrected chi connectivity index (χ3v) is 2.33. The summed E-state index contributed by atoms with van der Waals surface area (Å²) in [6, 6.07) is 8.37. The molecule has 0 saturated carbocycles. The van der Waals surface area contributed by atoms with Crippen molar-refractivity contribution in [3.63, 3.8) is 0 Å². The van der Waals surface area contributed by atoms with Gasteiger partial charge in [-0.2, -0.15) is 0 Å². The Kier molecular flexibility index (Phi) is 1.44. The number of hydrogen-bond acceptors (Lipinski definition) is 2. The van der Waals surface area contributed by atoms with Crippen molar-refractivity contribution in [3.8, 4) is 0 Å². The Morgan fingerprint density at radius 3 is 2.64 bits per heavy atom. The molecule has 4 N–H and O–H groups in total. The Bertz CT molecular complexity index is 270. The fraction of sp³-hybridized carbons (Fsp3) is 0.333. The van der Waals surface area contributed by atoms with Crippen LogP contribution in [0.25, 0.3) is 0 Å². The predicted molar refractivity (Wildman–Crippen MR) is 45.0 cm³/mol. The van der Waals surface area contributed by atoms with Gasteiger partial charge in [0.1, 0.15) is 0 Å². The molecular formula is C9H12N2. The molecule has 58 valence electrons. The molecule has 2 rings (SSSR count). The molecule has 0 unspecified atom stereocenters. The average Bonchev–Trinajstić information content (AvgIpc) is 2.30. The minimum absolute atomic E-state index is 0.0474. The molecule has 1 aromatic rings. The maximum Gasteiger partial charge on any atom is 0.0454 e. The highest BCUT2D eigenvalue weighted by Gasteiger charge is 2.25. The van der Waals surface area contributed by atoms with Gasteiger partial charge in [-0.25, -0.2) is 0 Å². The van der Waals surface area contributed by atoms with Crippen LogP contribution in [-0.2, 0) is 6.42 Å². The van der Waals surface area contributed by atoms with E-state index < -0.39 is 0 Å². The number of benzene rings is 1. The minimum atomic E-state index is 0.0474. The van der Waals surface area contributed by atoms with Crippen molar-refractivity contribution in [1.29, 1.82) is 0 Å². The molecule has 0 heterocycles. The predicted octanol–water partition coefficient (Wildman–Crippen LogP) is 0.570. The van der Waals surface area contributed by atoms with Crippen LogP contribution in [-0.4, -0.2) is 6.04 Å². The van der Waals surface area contributed by atoms with Gasteiger partial charge in [0, 0.05) is 12.1 Å². The monoisotopic (exact) mass is 148 g/mol. The largest absolute Gasteiger partial charge is 0.326 e. The van der Waals surface area contributed by atoms with Crippen molar-refractivity contribution < 1.29 is 0 Å². The Morgan fingerprint density at radius 1 is 1.18 bits per heavy atom. The van der Waals surface area contributed by atoms with Crippen molar-refractivity contribution in [2.24, 2.45) is 11.5 Å². The van der Waals surface area contributed by atoms with Crippen molar-refractivity contribution in [2.45, 2.75) is 18.5 Å². The standard InChI is InChI=1S/C9H12N2/c10-8-5-6-3-1-2-4-7(6)9(8)11/h1-4,8-9H,5,10-11H2/t8-,9+/m0/s1. The van der Waals surface area contributed by atoms with Gasteiger partial charge in [-0.05, 0) is 17.5 Å². The topological polar surface area (TPSA) is 52.0 Å². The highest BCUT2D eigenvalue weighted by molar-refractivity contribution is 5.36. The molecule has 1 aliphatic carbocycles. The highest BCUT2D eigenvalue weighted by atomic mass is 14.8. The number of rotatable bonds is 0. The van der Waals surface area contributed by atoms with Crippen LogP contribution in [0.3, 0.4) is 0 Å². The molecule has 1 aliphatic rings. The lowest BCUT2D eigenvalue weighted by atomic mass is 10.1. The fourth-order valence-corrected chi connectivity index (χ4v) is 1.66. The van der Waals surface area contributed by atoms with Crippen LogP contribution < -0.4 is 11.5 Å². The third-order valence-electron chi connectivity index (χ3n) is 2.33. The molecule has 0 fully saturated rings. The summed E-state index contributed by atoms with van der Waals surface area (Å²) in [5.41, 5.74) is 14.2. The van der Waals surface area contributed by atoms with Crippen LogP contribution in [0.2, 0.25) is 0 Å². The SMILES string of the molecule is N[C@@H]1c2ccccc2C[C@@H]1N. The van der Waals surface area contributed by atoms with Gasteiger partial charge in [-0.3, -0.25) is 0 Å². The van der Waals surface area contributed by atoms with Gasteiger partial charge in [0.15, 0.2) is 0 Å². The Hall–Kier alpha value is -0.860. The van der Waals surface area contributed by atoms with Crippen LogP contribution >= 0.6 is 0 Å². The molecule has 2 nitrogen and oxygen atoms in total. The number of hydrogen-bond donors (Lipinski definition) is 2. The summed E-state index contributed by atoms with van der Waals surface area (Å²) in [6.07, 6.45) is 0.928. The Labute approximate surface area is 66.2 Å². The normalized spacial score (nSPS) is 28.5. The summed E-state index contributed by atoms with van der Waals surface area (Å²) >= 11 is 0. The summed E-state index contributed by atoms with van der Waals surface area (Å²) < 4.78 is 0. The van der Waals surface area contributed by atoms with Crippen LogP contribution in [0.5, 0.6) is 0 Å². The summed E-state index contributed by atoms with van der Waals surface area (Å²) in [5.74, 6) is 0. The fourth-order valence-electron chi connectivity index (χ4n) is 1.66. The maximum absolute atomic E-state index is 5.86. The quantitative estimate of drug-likeness (QED) is 0.565. The molecule has 1 aromatic carbocycles. The second kappa shape index (κ2) is 2.32. The molecule has 0 saturated heterocycles. The van der Waals surface area contributed by atoms with Gasteiger partial charge in [-0.1, -0.05) is 24.3 Å². The molecular weight excluding hydrogens is 136 g/mol. The molecule has 0 aromatic heterocycles. The van der Waals surface area contributed by atoms with Gasteiger partial charge >= 0.3 is 0 Å². The van der Waals surface area contributed by atoms with E-state index in [0.29, 0.717) is 0 Å². The van der Waals surface area contributed by atoms with Gasteiger partial charge in [0.05, 0.1) is 0 Å². The average molecular weight is 148 g/mol. The van der Waals surface area contributed by atoms with Gasteiger partial charge in [-0.15, -0.1) is 0 Å². The molecule has 0 amide bonds. The zero-order valence-corrected chi connectivity index (χ0v) is 6.33. The van der Waals surface area contributed by atoms with Crippen LogP contribution in [0.15, 0.2) is 24.3 Å². The number of nitrogens with two attached hydrogens (primary N) is 2. The zero-order chi connectivity index (χ0) is 7.84. The zero-order valence-electron chi connectivity index (χ0n) is 6.33. The molecule has 0 radical (unpaired) electrons. The van der Waals surface area contributed by atoms with Crippen LogP contribution in [0.1, 0.15) is 17.2 Å². The molecule has 2 atom stereocenters. The van der Waals surface area contributed by atoms with Gasteiger partial charge in [0.2, 0.25) is 0 Å². The lowest BCUT2D eigenvalue weighted by Crippen LogP contribution is -2.30. The molecule has 0 spiro atoms. The van der Waals surface area contributed by atoms with E-state index >= 15 is 0 Å². The van der Waals surface area contributed by atoms with E-state index in [2.05, 4.69) is 12.1 Å². The van der Waals surface area contributed by atoms with Crippen molar-refractivity contribution in [3.05, 3.63) is 35.4 Å². The van der Waals surface area contributed by atoms with E-state index in [4.69, 9.17) is 11.5 Å². The van der Waals surface area contributed by atoms with E-state index in [1.807, 2.05) is 12.1 Å². The van der Waals surface area contributed by atoms with E-state index in [9.17, 15) is 0 Å². The van der Waals surface area contributed by atoms with Crippen molar-refractivity contribution in [2.75, 3.05) is 0 Å². The lowest BCUT2D eigenvalue weighted by Gasteiger charge is -2.08. The van der Waals surface area contributed by atoms with E-state index in [0.717, 1.165) is 6.42 Å². The first-order valence-corrected chi connectivity index (χ1v) is 3.88. The third kappa shape index (κ3) is 0.951. The maximum atomic E-state index is 5.86. The summed E-state index contributed by atoms with van der Waals surface area (Å²) in [4.78, 5) is 0. The summed E-state index contributed by atoms with van der Waals surface area (Å²) in [5, 5.41) is 0. The molecule has 0 aliphatic heterocycles.